The summed E-state index contributed by atoms with van der Waals surface area (Å²) in [6.07, 6.45) is 1.03. The van der Waals surface area contributed by atoms with Gasteiger partial charge in [-0.3, -0.25) is 0 Å². The van der Waals surface area contributed by atoms with Crippen molar-refractivity contribution in [1.82, 2.24) is 9.88 Å². The van der Waals surface area contributed by atoms with Crippen LogP contribution < -0.4 is 5.32 Å². The van der Waals surface area contributed by atoms with Crippen LogP contribution in [0.1, 0.15) is 24.2 Å². The first-order valence-corrected chi connectivity index (χ1v) is 5.68. The Bertz CT molecular complexity index is 557. The molecule has 3 rings (SSSR count). The predicted octanol–water partition coefficient (Wildman–Crippen LogP) is 2.52. The first kappa shape index (κ1) is 9.85. The molecular formula is C13H15FN2. The fourth-order valence-electron chi connectivity index (χ4n) is 2.83. The maximum absolute atomic E-state index is 13.2. The maximum Gasteiger partial charge on any atom is 0.125 e. The minimum Gasteiger partial charge on any atom is -0.346 e. The third kappa shape index (κ3) is 1.21. The first-order chi connectivity index (χ1) is 7.68. The Morgan fingerprint density at radius 2 is 2.25 bits per heavy atom. The van der Waals surface area contributed by atoms with Gasteiger partial charge in [0.15, 0.2) is 0 Å². The Morgan fingerprint density at radius 1 is 1.44 bits per heavy atom. The van der Waals surface area contributed by atoms with Crippen LogP contribution >= 0.6 is 0 Å². The average Bonchev–Trinajstić information content (AvgIpc) is 2.54. The number of benzene rings is 1. The molecule has 84 valence electrons. The molecule has 0 spiro atoms. The molecule has 0 radical (unpaired) electrons. The zero-order valence-electron chi connectivity index (χ0n) is 9.55. The Labute approximate surface area is 94.1 Å². The van der Waals surface area contributed by atoms with Crippen LogP contribution in [-0.4, -0.2) is 11.1 Å². The Balaban J connectivity index is 2.38. The molecule has 1 aromatic carbocycles. The van der Waals surface area contributed by atoms with Crippen LogP contribution in [0.2, 0.25) is 0 Å². The molecule has 1 unspecified atom stereocenters. The van der Waals surface area contributed by atoms with Gasteiger partial charge < -0.3 is 9.88 Å². The van der Waals surface area contributed by atoms with Gasteiger partial charge in [-0.1, -0.05) is 0 Å². The molecule has 1 aliphatic rings. The quantitative estimate of drug-likeness (QED) is 0.719. The van der Waals surface area contributed by atoms with Crippen molar-refractivity contribution in [2.24, 2.45) is 7.05 Å². The summed E-state index contributed by atoms with van der Waals surface area (Å²) in [6.45, 7) is 3.16. The molecule has 2 aromatic rings. The second-order valence-electron chi connectivity index (χ2n) is 4.51. The third-order valence-corrected chi connectivity index (χ3v) is 3.55. The Hall–Kier alpha value is -1.35. The highest BCUT2D eigenvalue weighted by molar-refractivity contribution is 5.86. The van der Waals surface area contributed by atoms with Crippen molar-refractivity contribution in [2.75, 3.05) is 6.54 Å². The van der Waals surface area contributed by atoms with E-state index in [1.165, 1.54) is 16.6 Å². The Kier molecular flexibility index (Phi) is 2.04. The second-order valence-corrected chi connectivity index (χ2v) is 4.51. The lowest BCUT2D eigenvalue weighted by Crippen LogP contribution is -2.28. The maximum atomic E-state index is 13.2. The summed E-state index contributed by atoms with van der Waals surface area (Å²) in [5, 5.41) is 4.64. The predicted molar refractivity (Wildman–Crippen MR) is 63.0 cm³/mol. The van der Waals surface area contributed by atoms with Crippen molar-refractivity contribution in [3.05, 3.63) is 35.3 Å². The van der Waals surface area contributed by atoms with E-state index in [2.05, 4.69) is 16.8 Å². The lowest BCUT2D eigenvalue weighted by molar-refractivity contribution is 0.515. The van der Waals surface area contributed by atoms with Gasteiger partial charge >= 0.3 is 0 Å². The molecule has 0 aliphatic carbocycles. The first-order valence-electron chi connectivity index (χ1n) is 5.68. The molecule has 0 saturated heterocycles. The van der Waals surface area contributed by atoms with Crippen LogP contribution in [0, 0.1) is 5.82 Å². The van der Waals surface area contributed by atoms with E-state index in [0.717, 1.165) is 18.5 Å². The number of aromatic nitrogens is 1. The highest BCUT2D eigenvalue weighted by atomic mass is 19.1. The van der Waals surface area contributed by atoms with Gasteiger partial charge in [0, 0.05) is 24.2 Å². The van der Waals surface area contributed by atoms with Gasteiger partial charge in [-0.25, -0.2) is 4.39 Å². The number of fused-ring (bicyclic) bond motifs is 3. The van der Waals surface area contributed by atoms with E-state index in [0.29, 0.717) is 6.04 Å². The molecule has 0 amide bonds. The van der Waals surface area contributed by atoms with Crippen molar-refractivity contribution in [3.63, 3.8) is 0 Å². The van der Waals surface area contributed by atoms with Gasteiger partial charge in [0.2, 0.25) is 0 Å². The molecule has 1 N–H and O–H groups in total. The molecule has 2 nitrogen and oxygen atoms in total. The highest BCUT2D eigenvalue weighted by Crippen LogP contribution is 2.32. The Morgan fingerprint density at radius 3 is 3.06 bits per heavy atom. The van der Waals surface area contributed by atoms with E-state index in [1.54, 1.807) is 12.1 Å². The second kappa shape index (κ2) is 3.32. The lowest BCUT2D eigenvalue weighted by atomic mass is 10.0. The molecule has 0 saturated carbocycles. The molecule has 1 aliphatic heterocycles. The zero-order valence-corrected chi connectivity index (χ0v) is 9.55. The topological polar surface area (TPSA) is 17.0 Å². The van der Waals surface area contributed by atoms with Crippen LogP contribution in [0.5, 0.6) is 0 Å². The normalized spacial score (nSPS) is 20.1. The minimum atomic E-state index is -0.161. The largest absolute Gasteiger partial charge is 0.346 e. The average molecular weight is 218 g/mol. The SMILES string of the molecule is CC1NCCc2c1n(C)c1cc(F)ccc21. The molecule has 1 aromatic heterocycles. The number of halogens is 1. The zero-order chi connectivity index (χ0) is 11.3. The molecule has 0 fully saturated rings. The number of nitrogens with one attached hydrogen (secondary N) is 1. The summed E-state index contributed by atoms with van der Waals surface area (Å²) < 4.78 is 15.4. The highest BCUT2D eigenvalue weighted by Gasteiger charge is 2.22. The summed E-state index contributed by atoms with van der Waals surface area (Å²) in [5.41, 5.74) is 3.68. The van der Waals surface area contributed by atoms with Crippen molar-refractivity contribution in [1.29, 1.82) is 0 Å². The van der Waals surface area contributed by atoms with E-state index < -0.39 is 0 Å². The summed E-state index contributed by atoms with van der Waals surface area (Å²) >= 11 is 0. The van der Waals surface area contributed by atoms with E-state index in [-0.39, 0.29) is 5.82 Å². The third-order valence-electron chi connectivity index (χ3n) is 3.55. The van der Waals surface area contributed by atoms with Gasteiger partial charge in [0.25, 0.3) is 0 Å². The van der Waals surface area contributed by atoms with Crippen LogP contribution in [0.4, 0.5) is 4.39 Å². The minimum absolute atomic E-state index is 0.161. The van der Waals surface area contributed by atoms with Gasteiger partial charge in [-0.05, 0) is 43.7 Å². The fraction of sp³-hybridized carbons (Fsp3) is 0.385. The molecule has 0 bridgehead atoms. The van der Waals surface area contributed by atoms with Crippen LogP contribution in [0.15, 0.2) is 18.2 Å². The van der Waals surface area contributed by atoms with Gasteiger partial charge in [0.05, 0.1) is 5.52 Å². The molecule has 3 heteroatoms. The number of rotatable bonds is 0. The van der Waals surface area contributed by atoms with E-state index in [9.17, 15) is 4.39 Å². The lowest BCUT2D eigenvalue weighted by Gasteiger charge is -2.22. The monoisotopic (exact) mass is 218 g/mol. The number of aryl methyl sites for hydroxylation is 1. The number of hydrogen-bond donors (Lipinski definition) is 1. The van der Waals surface area contributed by atoms with Gasteiger partial charge in [-0.15, -0.1) is 0 Å². The summed E-state index contributed by atoms with van der Waals surface area (Å²) in [5.74, 6) is -0.161. The smallest absolute Gasteiger partial charge is 0.125 e. The van der Waals surface area contributed by atoms with Crippen LogP contribution in [0.25, 0.3) is 10.9 Å². The molecule has 16 heavy (non-hydrogen) atoms. The number of hydrogen-bond acceptors (Lipinski definition) is 1. The summed E-state index contributed by atoms with van der Waals surface area (Å²) in [4.78, 5) is 0. The van der Waals surface area contributed by atoms with Crippen LogP contribution in [-0.2, 0) is 13.5 Å². The van der Waals surface area contributed by atoms with E-state index in [1.807, 2.05) is 13.1 Å². The molecule has 1 atom stereocenters. The van der Waals surface area contributed by atoms with Crippen molar-refractivity contribution < 1.29 is 4.39 Å². The van der Waals surface area contributed by atoms with Gasteiger partial charge in [-0.2, -0.15) is 0 Å². The summed E-state index contributed by atoms with van der Waals surface area (Å²) in [6, 6.07) is 5.43. The number of nitrogens with zero attached hydrogens (tertiary/aromatic N) is 1. The van der Waals surface area contributed by atoms with Crippen molar-refractivity contribution >= 4 is 10.9 Å². The van der Waals surface area contributed by atoms with Gasteiger partial charge in [0.1, 0.15) is 5.82 Å². The molecule has 2 heterocycles. The van der Waals surface area contributed by atoms with E-state index >= 15 is 0 Å². The van der Waals surface area contributed by atoms with Crippen molar-refractivity contribution in [2.45, 2.75) is 19.4 Å². The van der Waals surface area contributed by atoms with Crippen LogP contribution in [0.3, 0.4) is 0 Å². The standard InChI is InChI=1S/C13H15FN2/c1-8-13-11(5-6-15-8)10-4-3-9(14)7-12(10)16(13)2/h3-4,7-8,15H,5-6H2,1-2H3. The molecular weight excluding hydrogens is 203 g/mol. The van der Waals surface area contributed by atoms with Crippen molar-refractivity contribution in [3.8, 4) is 0 Å². The summed E-state index contributed by atoms with van der Waals surface area (Å²) in [7, 11) is 2.02. The van der Waals surface area contributed by atoms with E-state index in [4.69, 9.17) is 0 Å². The fourth-order valence-corrected chi connectivity index (χ4v) is 2.83.